The van der Waals surface area contributed by atoms with Gasteiger partial charge in [0.15, 0.2) is 11.5 Å². The predicted molar refractivity (Wildman–Crippen MR) is 54.1 cm³/mol. The molecule has 0 saturated carbocycles. The Morgan fingerprint density at radius 3 is 2.25 bits per heavy atom. The predicted octanol–water partition coefficient (Wildman–Crippen LogP) is 2.28. The minimum Gasteiger partial charge on any atom is -0.493 e. The molecule has 0 fully saturated rings. The van der Waals surface area contributed by atoms with Crippen molar-refractivity contribution in [1.29, 1.82) is 0 Å². The van der Waals surface area contributed by atoms with E-state index in [1.165, 1.54) is 0 Å². The van der Waals surface area contributed by atoms with Gasteiger partial charge in [0.1, 0.15) is 0 Å². The summed E-state index contributed by atoms with van der Waals surface area (Å²) in [5.41, 5.74) is 0. The Labute approximate surface area is 82.7 Å². The molecule has 4 heteroatoms. The van der Waals surface area contributed by atoms with Crippen molar-refractivity contribution >= 4 is 25.3 Å². The SMILES string of the molecule is COc1ccc(S)c(S)c1OC. The third-order valence-electron chi connectivity index (χ3n) is 1.50. The van der Waals surface area contributed by atoms with Crippen LogP contribution in [-0.2, 0) is 0 Å². The average Bonchev–Trinajstić information content (AvgIpc) is 2.09. The number of rotatable bonds is 2. The van der Waals surface area contributed by atoms with E-state index >= 15 is 0 Å². The molecular formula is C8H10O2S2. The monoisotopic (exact) mass is 202 g/mol. The summed E-state index contributed by atoms with van der Waals surface area (Å²) in [6.45, 7) is 0. The molecule has 0 aromatic heterocycles. The second-order valence-electron chi connectivity index (χ2n) is 2.17. The average molecular weight is 202 g/mol. The topological polar surface area (TPSA) is 18.5 Å². The highest BCUT2D eigenvalue weighted by Gasteiger charge is 2.08. The van der Waals surface area contributed by atoms with Gasteiger partial charge in [-0.05, 0) is 12.1 Å². The van der Waals surface area contributed by atoms with Crippen molar-refractivity contribution in [1.82, 2.24) is 0 Å². The van der Waals surface area contributed by atoms with Crippen LogP contribution in [0.15, 0.2) is 21.9 Å². The maximum Gasteiger partial charge on any atom is 0.175 e. The maximum atomic E-state index is 5.10. The summed E-state index contributed by atoms with van der Waals surface area (Å²) in [6, 6.07) is 3.60. The molecule has 0 unspecified atom stereocenters. The Morgan fingerprint density at radius 2 is 1.75 bits per heavy atom. The molecule has 0 bridgehead atoms. The third kappa shape index (κ3) is 1.64. The zero-order valence-corrected chi connectivity index (χ0v) is 8.65. The molecule has 1 aromatic carbocycles. The second kappa shape index (κ2) is 3.96. The summed E-state index contributed by atoms with van der Waals surface area (Å²) in [4.78, 5) is 1.47. The first-order valence-corrected chi connectivity index (χ1v) is 4.23. The molecule has 2 nitrogen and oxygen atoms in total. The number of thiol groups is 2. The minimum atomic E-state index is 0.619. The summed E-state index contributed by atoms with van der Waals surface area (Å²) in [5.74, 6) is 1.29. The Hall–Kier alpha value is -0.480. The molecule has 0 spiro atoms. The van der Waals surface area contributed by atoms with Gasteiger partial charge < -0.3 is 9.47 Å². The molecule has 0 atom stereocenters. The smallest absolute Gasteiger partial charge is 0.175 e. The van der Waals surface area contributed by atoms with Crippen molar-refractivity contribution in [3.63, 3.8) is 0 Å². The molecule has 0 heterocycles. The van der Waals surface area contributed by atoms with E-state index in [9.17, 15) is 0 Å². The Morgan fingerprint density at radius 1 is 1.08 bits per heavy atom. The Balaban J connectivity index is 3.25. The van der Waals surface area contributed by atoms with Gasteiger partial charge in [-0.15, -0.1) is 25.3 Å². The summed E-state index contributed by atoms with van der Waals surface area (Å²) >= 11 is 8.43. The van der Waals surface area contributed by atoms with Gasteiger partial charge in [-0.25, -0.2) is 0 Å². The second-order valence-corrected chi connectivity index (χ2v) is 3.10. The van der Waals surface area contributed by atoms with E-state index in [-0.39, 0.29) is 0 Å². The highest BCUT2D eigenvalue weighted by Crippen LogP contribution is 2.37. The first kappa shape index (κ1) is 9.61. The van der Waals surface area contributed by atoms with Crippen LogP contribution in [0.1, 0.15) is 0 Å². The van der Waals surface area contributed by atoms with Crippen LogP contribution in [0.3, 0.4) is 0 Å². The summed E-state index contributed by atoms with van der Waals surface area (Å²) < 4.78 is 10.2. The van der Waals surface area contributed by atoms with Crippen molar-refractivity contribution in [3.05, 3.63) is 12.1 Å². The van der Waals surface area contributed by atoms with Crippen LogP contribution < -0.4 is 9.47 Å². The summed E-state index contributed by atoms with van der Waals surface area (Å²) in [5, 5.41) is 0. The first-order valence-electron chi connectivity index (χ1n) is 3.33. The van der Waals surface area contributed by atoms with Gasteiger partial charge in [0.25, 0.3) is 0 Å². The van der Waals surface area contributed by atoms with Gasteiger partial charge in [0.2, 0.25) is 0 Å². The molecule has 1 rings (SSSR count). The Bertz CT molecular complexity index is 287. The largest absolute Gasteiger partial charge is 0.493 e. The summed E-state index contributed by atoms with van der Waals surface area (Å²) in [7, 11) is 3.16. The van der Waals surface area contributed by atoms with E-state index in [0.717, 1.165) is 4.90 Å². The van der Waals surface area contributed by atoms with Crippen molar-refractivity contribution < 1.29 is 9.47 Å². The third-order valence-corrected chi connectivity index (χ3v) is 2.49. The van der Waals surface area contributed by atoms with Crippen LogP contribution in [0.25, 0.3) is 0 Å². The molecule has 12 heavy (non-hydrogen) atoms. The van der Waals surface area contributed by atoms with Crippen LogP contribution in [0, 0.1) is 0 Å². The van der Waals surface area contributed by atoms with Gasteiger partial charge in [0, 0.05) is 4.90 Å². The van der Waals surface area contributed by atoms with Gasteiger partial charge in [-0.2, -0.15) is 0 Å². The molecular weight excluding hydrogens is 192 g/mol. The molecule has 0 radical (unpaired) electrons. The zero-order valence-electron chi connectivity index (χ0n) is 6.87. The number of ether oxygens (including phenoxy) is 2. The number of hydrogen-bond acceptors (Lipinski definition) is 4. The van der Waals surface area contributed by atoms with E-state index in [2.05, 4.69) is 25.3 Å². The summed E-state index contributed by atoms with van der Waals surface area (Å²) in [6.07, 6.45) is 0. The van der Waals surface area contributed by atoms with Gasteiger partial charge in [-0.1, -0.05) is 0 Å². The lowest BCUT2D eigenvalue weighted by Gasteiger charge is -2.10. The van der Waals surface area contributed by atoms with E-state index in [1.807, 2.05) is 6.07 Å². The van der Waals surface area contributed by atoms with E-state index in [4.69, 9.17) is 9.47 Å². The molecule has 0 saturated heterocycles. The lowest BCUT2D eigenvalue weighted by molar-refractivity contribution is 0.346. The number of methoxy groups -OCH3 is 2. The highest BCUT2D eigenvalue weighted by molar-refractivity contribution is 7.83. The van der Waals surface area contributed by atoms with Crippen LogP contribution in [0.5, 0.6) is 11.5 Å². The minimum absolute atomic E-state index is 0.619. The normalized spacial score (nSPS) is 9.67. The molecule has 0 aliphatic carbocycles. The maximum absolute atomic E-state index is 5.10. The van der Waals surface area contributed by atoms with Crippen LogP contribution in [-0.4, -0.2) is 14.2 Å². The lowest BCUT2D eigenvalue weighted by atomic mass is 10.3. The van der Waals surface area contributed by atoms with E-state index in [1.54, 1.807) is 20.3 Å². The fourth-order valence-electron chi connectivity index (χ4n) is 0.900. The molecule has 66 valence electrons. The molecule has 0 amide bonds. The molecule has 0 aliphatic heterocycles. The van der Waals surface area contributed by atoms with Crippen LogP contribution in [0.4, 0.5) is 0 Å². The van der Waals surface area contributed by atoms with Crippen molar-refractivity contribution in [3.8, 4) is 11.5 Å². The van der Waals surface area contributed by atoms with E-state index in [0.29, 0.717) is 16.4 Å². The van der Waals surface area contributed by atoms with Crippen molar-refractivity contribution in [2.24, 2.45) is 0 Å². The van der Waals surface area contributed by atoms with Crippen molar-refractivity contribution in [2.45, 2.75) is 9.79 Å². The van der Waals surface area contributed by atoms with Gasteiger partial charge >= 0.3 is 0 Å². The van der Waals surface area contributed by atoms with Crippen LogP contribution in [0.2, 0.25) is 0 Å². The van der Waals surface area contributed by atoms with Gasteiger partial charge in [0.05, 0.1) is 19.1 Å². The van der Waals surface area contributed by atoms with Crippen molar-refractivity contribution in [2.75, 3.05) is 14.2 Å². The Kier molecular flexibility index (Phi) is 3.17. The first-order chi connectivity index (χ1) is 5.70. The molecule has 0 aliphatic rings. The molecule has 0 N–H and O–H groups in total. The standard InChI is InChI=1S/C8H10O2S2/c1-9-5-3-4-6(11)8(12)7(5)10-2/h3-4,11-12H,1-2H3. The fourth-order valence-corrected chi connectivity index (χ4v) is 1.35. The fraction of sp³-hybridized carbons (Fsp3) is 0.250. The van der Waals surface area contributed by atoms with Crippen LogP contribution >= 0.6 is 25.3 Å². The lowest BCUT2D eigenvalue weighted by Crippen LogP contribution is -1.91. The number of hydrogen-bond donors (Lipinski definition) is 2. The highest BCUT2D eigenvalue weighted by atomic mass is 32.1. The molecule has 1 aromatic rings. The number of benzene rings is 1. The quantitative estimate of drug-likeness (QED) is 0.717. The zero-order chi connectivity index (χ0) is 9.14. The van der Waals surface area contributed by atoms with E-state index < -0.39 is 0 Å². The van der Waals surface area contributed by atoms with Gasteiger partial charge in [-0.3, -0.25) is 0 Å².